The van der Waals surface area contributed by atoms with E-state index in [0.717, 1.165) is 29.9 Å². The first kappa shape index (κ1) is 31.4. The van der Waals surface area contributed by atoms with Crippen molar-refractivity contribution >= 4 is 36.5 Å². The number of nitrogens with one attached hydrogen (secondary N) is 1. The number of benzene rings is 1. The lowest BCUT2D eigenvalue weighted by molar-refractivity contribution is -0.138. The van der Waals surface area contributed by atoms with E-state index in [1.54, 1.807) is 11.0 Å². The fourth-order valence-corrected chi connectivity index (χ4v) is 6.16. The molecule has 1 aromatic heterocycles. The topological polar surface area (TPSA) is 81.6 Å². The fourth-order valence-electron chi connectivity index (χ4n) is 6.16. The molecule has 39 heavy (non-hydrogen) atoms. The lowest BCUT2D eigenvalue weighted by Crippen LogP contribution is -2.53. The molecule has 7 nitrogen and oxygen atoms in total. The number of piperazine rings is 1. The zero-order chi connectivity index (χ0) is 26.5. The predicted molar refractivity (Wildman–Crippen MR) is 148 cm³/mol. The van der Waals surface area contributed by atoms with Gasteiger partial charge >= 0.3 is 6.18 Å². The van der Waals surface area contributed by atoms with E-state index in [9.17, 15) is 23.1 Å². The molecule has 3 aliphatic rings. The van der Waals surface area contributed by atoms with Gasteiger partial charge in [0.15, 0.2) is 0 Å². The van der Waals surface area contributed by atoms with Gasteiger partial charge < -0.3 is 20.2 Å². The number of nitrogens with zero attached hydrogens (tertiary/aromatic N) is 4. The van der Waals surface area contributed by atoms with Crippen LogP contribution >= 0.6 is 24.8 Å². The highest BCUT2D eigenvalue weighted by Gasteiger charge is 2.42. The lowest BCUT2D eigenvalue weighted by atomic mass is 9.87. The average Bonchev–Trinajstić information content (AvgIpc) is 3.36. The molecule has 0 saturated carbocycles. The zero-order valence-electron chi connectivity index (χ0n) is 22.2. The highest BCUT2D eigenvalue weighted by atomic mass is 35.5. The first-order chi connectivity index (χ1) is 17.4. The van der Waals surface area contributed by atoms with E-state index in [-0.39, 0.29) is 48.2 Å². The van der Waals surface area contributed by atoms with Gasteiger partial charge in [0.05, 0.1) is 23.3 Å². The maximum atomic E-state index is 13.9. The zero-order valence-corrected chi connectivity index (χ0v) is 23.9. The van der Waals surface area contributed by atoms with Crippen molar-refractivity contribution in [2.24, 2.45) is 0 Å². The molecule has 4 atom stereocenters. The number of aliphatic hydroxyl groups excluding tert-OH is 1. The smallest absolute Gasteiger partial charge is 0.387 e. The number of aromatic nitrogens is 2. The van der Waals surface area contributed by atoms with E-state index >= 15 is 0 Å². The molecule has 2 aliphatic heterocycles. The van der Waals surface area contributed by atoms with Crippen molar-refractivity contribution < 1.29 is 23.1 Å². The van der Waals surface area contributed by atoms with Gasteiger partial charge in [-0.05, 0) is 50.7 Å². The Bertz CT molecular complexity index is 1170. The molecule has 0 unspecified atom stereocenters. The quantitative estimate of drug-likeness (QED) is 0.531. The van der Waals surface area contributed by atoms with Gasteiger partial charge in [0, 0.05) is 43.3 Å². The Morgan fingerprint density at radius 3 is 2.46 bits per heavy atom. The molecule has 1 aliphatic carbocycles. The Labute approximate surface area is 239 Å². The summed E-state index contributed by atoms with van der Waals surface area (Å²) in [6.07, 6.45) is -1.41. The number of hydrogen-bond acceptors (Lipinski definition) is 6. The third kappa shape index (κ3) is 6.29. The van der Waals surface area contributed by atoms with Gasteiger partial charge in [0.2, 0.25) is 5.91 Å². The molecule has 0 spiro atoms. The van der Waals surface area contributed by atoms with Crippen LogP contribution in [0, 0.1) is 0 Å². The largest absolute Gasteiger partial charge is 0.416 e. The molecular formula is C27H36Cl2F3N5O2. The van der Waals surface area contributed by atoms with Crippen LogP contribution in [0.4, 0.5) is 19.0 Å². The van der Waals surface area contributed by atoms with E-state index < -0.39 is 23.8 Å². The Hall–Kier alpha value is -2.14. The van der Waals surface area contributed by atoms with Crippen LogP contribution in [0.2, 0.25) is 0 Å². The highest BCUT2D eigenvalue weighted by molar-refractivity contribution is 5.86. The summed E-state index contributed by atoms with van der Waals surface area (Å²) in [6.45, 7) is 8.15. The van der Waals surface area contributed by atoms with E-state index in [1.807, 2.05) is 0 Å². The van der Waals surface area contributed by atoms with Crippen LogP contribution in [-0.2, 0) is 11.0 Å². The number of anilines is 1. The third-order valence-electron chi connectivity index (χ3n) is 8.07. The molecular weight excluding hydrogens is 554 g/mol. The molecule has 2 aromatic rings. The van der Waals surface area contributed by atoms with Gasteiger partial charge in [0.1, 0.15) is 12.1 Å². The maximum absolute atomic E-state index is 13.9. The summed E-state index contributed by atoms with van der Waals surface area (Å²) < 4.78 is 40.5. The number of rotatable bonds is 4. The van der Waals surface area contributed by atoms with Crippen molar-refractivity contribution in [2.75, 3.05) is 31.1 Å². The van der Waals surface area contributed by atoms with Crippen molar-refractivity contribution in [1.82, 2.24) is 20.2 Å². The predicted octanol–water partition coefficient (Wildman–Crippen LogP) is 4.84. The SMILES string of the molecule is C[C@@H]1C[C@@H](O)c2ncnc(N3CCN(C(=O)[C@@H](c4cccc(C(F)(F)F)c4)[C@@H]4CCC(C)(C)N4)CC3)c21.Cl.Cl. The van der Waals surface area contributed by atoms with E-state index in [1.165, 1.54) is 12.4 Å². The number of carbonyl (C=O) groups is 1. The summed E-state index contributed by atoms with van der Waals surface area (Å²) in [6, 6.07) is 4.97. The van der Waals surface area contributed by atoms with Crippen molar-refractivity contribution in [3.63, 3.8) is 0 Å². The minimum Gasteiger partial charge on any atom is -0.387 e. The average molecular weight is 591 g/mol. The van der Waals surface area contributed by atoms with E-state index in [4.69, 9.17) is 0 Å². The fraction of sp³-hybridized carbons (Fsp3) is 0.593. The van der Waals surface area contributed by atoms with Crippen molar-refractivity contribution in [3.05, 3.63) is 53.0 Å². The molecule has 2 fully saturated rings. The Kier molecular flexibility index (Phi) is 9.47. The van der Waals surface area contributed by atoms with Crippen molar-refractivity contribution in [2.45, 2.75) is 75.7 Å². The number of aliphatic hydroxyl groups is 1. The van der Waals surface area contributed by atoms with Gasteiger partial charge in [-0.15, -0.1) is 24.8 Å². The molecule has 216 valence electrons. The molecule has 2 saturated heterocycles. The molecule has 0 radical (unpaired) electrons. The first-order valence-corrected chi connectivity index (χ1v) is 13.0. The van der Waals surface area contributed by atoms with Crippen LogP contribution in [0.5, 0.6) is 0 Å². The molecule has 3 heterocycles. The standard InChI is InChI=1S/C27H34F3N5O2.2ClH/c1-16-13-20(36)23-21(16)24(32-15-31-23)34-9-11-35(12-10-34)25(37)22(19-7-8-26(2,3)33-19)17-5-4-6-18(14-17)27(28,29)30;;/h4-6,14-16,19-20,22,33,36H,7-13H2,1-3H3;2*1H/t16-,19+,20-,22+;;/m1../s1. The summed E-state index contributed by atoms with van der Waals surface area (Å²) in [5, 5.41) is 13.8. The molecule has 5 rings (SSSR count). The molecule has 1 aromatic carbocycles. The van der Waals surface area contributed by atoms with Crippen LogP contribution in [0.1, 0.15) is 80.4 Å². The summed E-state index contributed by atoms with van der Waals surface area (Å²) in [5.41, 5.74) is 1.12. The monoisotopic (exact) mass is 589 g/mol. The summed E-state index contributed by atoms with van der Waals surface area (Å²) in [4.78, 5) is 26.6. The summed E-state index contributed by atoms with van der Waals surface area (Å²) in [5.74, 6) is 0.0951. The van der Waals surface area contributed by atoms with Crippen LogP contribution in [0.3, 0.4) is 0 Å². The molecule has 2 N–H and O–H groups in total. The van der Waals surface area contributed by atoms with Crippen LogP contribution in [-0.4, -0.2) is 63.6 Å². The van der Waals surface area contributed by atoms with Gasteiger partial charge in [-0.3, -0.25) is 4.79 Å². The highest BCUT2D eigenvalue weighted by Crippen LogP contribution is 2.43. The molecule has 1 amide bonds. The first-order valence-electron chi connectivity index (χ1n) is 13.0. The van der Waals surface area contributed by atoms with Crippen molar-refractivity contribution in [3.8, 4) is 0 Å². The van der Waals surface area contributed by atoms with Gasteiger partial charge in [-0.1, -0.05) is 25.1 Å². The Morgan fingerprint density at radius 2 is 1.85 bits per heavy atom. The third-order valence-corrected chi connectivity index (χ3v) is 8.07. The van der Waals surface area contributed by atoms with Gasteiger partial charge in [-0.2, -0.15) is 13.2 Å². The van der Waals surface area contributed by atoms with Gasteiger partial charge in [-0.25, -0.2) is 9.97 Å². The van der Waals surface area contributed by atoms with Crippen molar-refractivity contribution in [1.29, 1.82) is 0 Å². The minimum absolute atomic E-state index is 0. The normalized spacial score (nSPS) is 24.9. The number of carbonyl (C=O) groups excluding carboxylic acids is 1. The van der Waals surface area contributed by atoms with Crippen LogP contribution in [0.15, 0.2) is 30.6 Å². The minimum atomic E-state index is -4.47. The summed E-state index contributed by atoms with van der Waals surface area (Å²) in [7, 11) is 0. The van der Waals surface area contributed by atoms with E-state index in [0.29, 0.717) is 50.3 Å². The second-order valence-electron chi connectivity index (χ2n) is 11.2. The molecule has 0 bridgehead atoms. The van der Waals surface area contributed by atoms with Crippen LogP contribution < -0.4 is 10.2 Å². The second-order valence-corrected chi connectivity index (χ2v) is 11.2. The Balaban J connectivity index is 0.00000210. The Morgan fingerprint density at radius 1 is 1.15 bits per heavy atom. The number of halogens is 5. The lowest BCUT2D eigenvalue weighted by Gasteiger charge is -2.39. The number of fused-ring (bicyclic) bond motifs is 1. The number of alkyl halides is 3. The number of hydrogen-bond donors (Lipinski definition) is 2. The second kappa shape index (κ2) is 11.8. The van der Waals surface area contributed by atoms with Gasteiger partial charge in [0.25, 0.3) is 0 Å². The van der Waals surface area contributed by atoms with E-state index in [2.05, 4.69) is 41.0 Å². The summed E-state index contributed by atoms with van der Waals surface area (Å²) >= 11 is 0. The molecule has 12 heteroatoms. The van der Waals surface area contributed by atoms with Crippen LogP contribution in [0.25, 0.3) is 0 Å². The number of amides is 1. The maximum Gasteiger partial charge on any atom is 0.416 e.